The molecule has 0 aromatic carbocycles. The van der Waals surface area contributed by atoms with Gasteiger partial charge in [-0.3, -0.25) is 4.90 Å². The van der Waals surface area contributed by atoms with Gasteiger partial charge < -0.3 is 9.84 Å². The summed E-state index contributed by atoms with van der Waals surface area (Å²) in [5.41, 5.74) is 1.05. The van der Waals surface area contributed by atoms with E-state index < -0.39 is 0 Å². The maximum Gasteiger partial charge on any atom is 0.241 e. The molecule has 2 aromatic rings. The number of hydrogen-bond acceptors (Lipinski definition) is 6. The van der Waals surface area contributed by atoms with Gasteiger partial charge in [0.25, 0.3) is 0 Å². The quantitative estimate of drug-likeness (QED) is 0.937. The highest BCUT2D eigenvalue weighted by Gasteiger charge is 2.32. The van der Waals surface area contributed by atoms with Crippen molar-refractivity contribution in [3.8, 4) is 11.4 Å². The molecule has 2 aliphatic heterocycles. The Kier molecular flexibility index (Phi) is 3.29. The Balaban J connectivity index is 1.42. The molecule has 2 saturated heterocycles. The van der Waals surface area contributed by atoms with E-state index in [9.17, 15) is 0 Å². The summed E-state index contributed by atoms with van der Waals surface area (Å²) in [6, 6.07) is 2.75. The number of piperidine rings is 1. The number of rotatable bonds is 3. The van der Waals surface area contributed by atoms with E-state index in [2.05, 4.69) is 20.4 Å². The van der Waals surface area contributed by atoms with Crippen LogP contribution < -0.4 is 5.32 Å². The van der Waals surface area contributed by atoms with Crippen LogP contribution in [0.4, 0.5) is 0 Å². The lowest BCUT2D eigenvalue weighted by Gasteiger charge is -2.33. The third kappa shape index (κ3) is 2.39. The fourth-order valence-electron chi connectivity index (χ4n) is 3.29. The maximum atomic E-state index is 5.39. The van der Waals surface area contributed by atoms with Gasteiger partial charge in [-0.05, 0) is 36.8 Å². The molecular weight excluding hydrogens is 272 g/mol. The molecule has 6 heteroatoms. The summed E-state index contributed by atoms with van der Waals surface area (Å²) < 4.78 is 5.39. The standard InChI is InChI=1S/C14H18N4OS/c1-4-15-12-2-5-18(7-10(1)12)8-13-16-14(17-19-13)11-3-6-20-9-11/h3,6,9-10,12,15H,1-2,4-5,7-8H2. The lowest BCUT2D eigenvalue weighted by molar-refractivity contribution is 0.140. The number of hydrogen-bond donors (Lipinski definition) is 1. The lowest BCUT2D eigenvalue weighted by atomic mass is 9.93. The minimum absolute atomic E-state index is 0.707. The smallest absolute Gasteiger partial charge is 0.241 e. The highest BCUT2D eigenvalue weighted by Crippen LogP contribution is 2.26. The summed E-state index contributed by atoms with van der Waals surface area (Å²) in [6.07, 6.45) is 2.53. The van der Waals surface area contributed by atoms with Crippen molar-refractivity contribution in [2.24, 2.45) is 5.92 Å². The Morgan fingerprint density at radius 2 is 2.45 bits per heavy atom. The summed E-state index contributed by atoms with van der Waals surface area (Å²) in [4.78, 5) is 6.95. The molecule has 2 aliphatic rings. The topological polar surface area (TPSA) is 54.2 Å². The van der Waals surface area contributed by atoms with Gasteiger partial charge >= 0.3 is 0 Å². The number of likely N-dealkylation sites (tertiary alicyclic amines) is 1. The molecule has 106 valence electrons. The molecule has 4 heterocycles. The van der Waals surface area contributed by atoms with Crippen molar-refractivity contribution >= 4 is 11.3 Å². The third-order valence-corrected chi connectivity index (χ3v) is 5.03. The zero-order chi connectivity index (χ0) is 13.4. The van der Waals surface area contributed by atoms with E-state index >= 15 is 0 Å². The van der Waals surface area contributed by atoms with Crippen molar-refractivity contribution in [1.29, 1.82) is 0 Å². The first kappa shape index (κ1) is 12.5. The molecule has 2 fully saturated rings. The number of nitrogens with zero attached hydrogens (tertiary/aromatic N) is 3. The molecule has 5 nitrogen and oxygen atoms in total. The average Bonchev–Trinajstić information content (AvgIpc) is 3.19. The van der Waals surface area contributed by atoms with Crippen molar-refractivity contribution in [2.45, 2.75) is 25.4 Å². The first-order chi connectivity index (χ1) is 9.88. The second-order valence-corrected chi connectivity index (χ2v) is 6.44. The number of aromatic nitrogens is 2. The Bertz CT molecular complexity index is 568. The summed E-state index contributed by atoms with van der Waals surface area (Å²) in [5.74, 6) is 2.23. The Hall–Kier alpha value is -1.24. The van der Waals surface area contributed by atoms with Crippen LogP contribution in [-0.2, 0) is 6.54 Å². The van der Waals surface area contributed by atoms with Crippen molar-refractivity contribution < 1.29 is 4.52 Å². The van der Waals surface area contributed by atoms with Crippen molar-refractivity contribution in [1.82, 2.24) is 20.4 Å². The maximum absolute atomic E-state index is 5.39. The largest absolute Gasteiger partial charge is 0.338 e. The van der Waals surface area contributed by atoms with Crippen LogP contribution in [0.15, 0.2) is 21.3 Å². The van der Waals surface area contributed by atoms with E-state index in [0.29, 0.717) is 5.82 Å². The number of thiophene rings is 1. The van der Waals surface area contributed by atoms with E-state index in [1.165, 1.54) is 19.4 Å². The van der Waals surface area contributed by atoms with Crippen LogP contribution in [0.2, 0.25) is 0 Å². The van der Waals surface area contributed by atoms with Gasteiger partial charge in [-0.1, -0.05) is 5.16 Å². The van der Waals surface area contributed by atoms with Crippen LogP contribution in [0.25, 0.3) is 11.4 Å². The summed E-state index contributed by atoms with van der Waals surface area (Å²) in [5, 5.41) is 11.7. The van der Waals surface area contributed by atoms with Crippen LogP contribution in [0, 0.1) is 5.92 Å². The highest BCUT2D eigenvalue weighted by molar-refractivity contribution is 7.08. The van der Waals surface area contributed by atoms with Gasteiger partial charge in [-0.25, -0.2) is 0 Å². The highest BCUT2D eigenvalue weighted by atomic mass is 32.1. The van der Waals surface area contributed by atoms with Crippen LogP contribution in [-0.4, -0.2) is 40.7 Å². The molecule has 0 radical (unpaired) electrons. The minimum Gasteiger partial charge on any atom is -0.338 e. The molecule has 2 unspecified atom stereocenters. The SMILES string of the molecule is c1cc(-c2noc(CN3CCC4NCCC4C3)n2)cs1. The predicted octanol–water partition coefficient (Wildman–Crippen LogP) is 1.98. The zero-order valence-electron chi connectivity index (χ0n) is 11.3. The van der Waals surface area contributed by atoms with Gasteiger partial charge in [0.2, 0.25) is 11.7 Å². The lowest BCUT2D eigenvalue weighted by Crippen LogP contribution is -2.43. The molecule has 0 amide bonds. The molecule has 2 atom stereocenters. The molecule has 1 N–H and O–H groups in total. The van der Waals surface area contributed by atoms with Gasteiger partial charge in [0.05, 0.1) is 6.54 Å². The van der Waals surface area contributed by atoms with Crippen molar-refractivity contribution in [3.63, 3.8) is 0 Å². The second-order valence-electron chi connectivity index (χ2n) is 5.66. The molecule has 0 aliphatic carbocycles. The van der Waals surface area contributed by atoms with Crippen LogP contribution in [0.3, 0.4) is 0 Å². The normalized spacial score (nSPS) is 26.8. The molecule has 2 aromatic heterocycles. The molecular formula is C14H18N4OS. The summed E-state index contributed by atoms with van der Waals surface area (Å²) in [6.45, 7) is 4.21. The van der Waals surface area contributed by atoms with E-state index in [-0.39, 0.29) is 0 Å². The zero-order valence-corrected chi connectivity index (χ0v) is 12.1. The van der Waals surface area contributed by atoms with Crippen LogP contribution in [0.5, 0.6) is 0 Å². The van der Waals surface area contributed by atoms with Crippen LogP contribution >= 0.6 is 11.3 Å². The van der Waals surface area contributed by atoms with E-state index in [1.807, 2.05) is 16.8 Å². The van der Waals surface area contributed by atoms with Gasteiger partial charge in [0, 0.05) is 30.1 Å². The van der Waals surface area contributed by atoms with Crippen molar-refractivity contribution in [3.05, 3.63) is 22.7 Å². The number of fused-ring (bicyclic) bond motifs is 1. The summed E-state index contributed by atoms with van der Waals surface area (Å²) >= 11 is 1.65. The van der Waals surface area contributed by atoms with E-state index in [4.69, 9.17) is 4.52 Å². The molecule has 4 rings (SSSR count). The molecule has 0 bridgehead atoms. The Morgan fingerprint density at radius 1 is 1.45 bits per heavy atom. The Morgan fingerprint density at radius 3 is 3.35 bits per heavy atom. The van der Waals surface area contributed by atoms with E-state index in [1.54, 1.807) is 11.3 Å². The minimum atomic E-state index is 0.707. The first-order valence-corrected chi connectivity index (χ1v) is 8.13. The fourth-order valence-corrected chi connectivity index (χ4v) is 3.92. The van der Waals surface area contributed by atoms with Crippen LogP contribution in [0.1, 0.15) is 18.7 Å². The average molecular weight is 290 g/mol. The van der Waals surface area contributed by atoms with Gasteiger partial charge in [-0.2, -0.15) is 16.3 Å². The van der Waals surface area contributed by atoms with Gasteiger partial charge in [0.1, 0.15) is 0 Å². The second kappa shape index (κ2) is 5.27. The molecule has 0 spiro atoms. The predicted molar refractivity (Wildman–Crippen MR) is 77.4 cm³/mol. The van der Waals surface area contributed by atoms with Gasteiger partial charge in [-0.15, -0.1) is 0 Å². The Labute approximate surface area is 122 Å². The monoisotopic (exact) mass is 290 g/mol. The molecule has 0 saturated carbocycles. The van der Waals surface area contributed by atoms with E-state index in [0.717, 1.165) is 43.0 Å². The molecule has 20 heavy (non-hydrogen) atoms. The first-order valence-electron chi connectivity index (χ1n) is 7.19. The third-order valence-electron chi connectivity index (χ3n) is 4.35. The summed E-state index contributed by atoms with van der Waals surface area (Å²) in [7, 11) is 0. The number of nitrogens with one attached hydrogen (secondary N) is 1. The fraction of sp³-hybridized carbons (Fsp3) is 0.571. The van der Waals surface area contributed by atoms with Crippen molar-refractivity contribution in [2.75, 3.05) is 19.6 Å². The van der Waals surface area contributed by atoms with Gasteiger partial charge in [0.15, 0.2) is 0 Å².